The van der Waals surface area contributed by atoms with Crippen molar-refractivity contribution in [1.29, 1.82) is 0 Å². The molecule has 6 heteroatoms. The molecule has 0 bridgehead atoms. The summed E-state index contributed by atoms with van der Waals surface area (Å²) in [5.41, 5.74) is 2.13. The van der Waals surface area contributed by atoms with E-state index in [1.165, 1.54) is 24.3 Å². The number of hydrogen-bond donors (Lipinski definition) is 1. The minimum Gasteiger partial charge on any atom is -0.381 e. The van der Waals surface area contributed by atoms with Crippen molar-refractivity contribution in [2.75, 3.05) is 25.5 Å². The number of rotatable bonds is 2. The van der Waals surface area contributed by atoms with Crippen LogP contribution in [0.15, 0.2) is 52.3 Å². The molecule has 1 fully saturated rings. The molecule has 1 saturated heterocycles. The molecule has 2 atom stereocenters. The van der Waals surface area contributed by atoms with Crippen LogP contribution in [0.25, 0.3) is 0 Å². The second-order valence-electron chi connectivity index (χ2n) is 6.94. The van der Waals surface area contributed by atoms with Crippen molar-refractivity contribution < 1.29 is 12.8 Å². The Morgan fingerprint density at radius 1 is 1.04 bits per heavy atom. The summed E-state index contributed by atoms with van der Waals surface area (Å²) in [6.07, 6.45) is 2.07. The Bertz CT molecular complexity index is 896. The van der Waals surface area contributed by atoms with Crippen LogP contribution in [-0.4, -0.2) is 39.5 Å². The molecule has 0 aromatic heterocycles. The molecule has 4 nitrogen and oxygen atoms in total. The zero-order valence-electron chi connectivity index (χ0n) is 14.1. The van der Waals surface area contributed by atoms with Gasteiger partial charge in [0.25, 0.3) is 0 Å². The fourth-order valence-corrected chi connectivity index (χ4v) is 5.17. The van der Waals surface area contributed by atoms with E-state index in [1.54, 1.807) is 12.1 Å². The van der Waals surface area contributed by atoms with E-state index < -0.39 is 15.7 Å². The smallest absolute Gasteiger partial charge is 0.206 e. The molecule has 2 aromatic rings. The third kappa shape index (κ3) is 2.93. The van der Waals surface area contributed by atoms with Crippen LogP contribution in [0.4, 0.5) is 10.1 Å². The molecule has 132 valence electrons. The minimum absolute atomic E-state index is 0.122. The monoisotopic (exact) mass is 360 g/mol. The van der Waals surface area contributed by atoms with Gasteiger partial charge in [-0.3, -0.25) is 0 Å². The van der Waals surface area contributed by atoms with Gasteiger partial charge in [-0.05, 0) is 81.0 Å². The highest BCUT2D eigenvalue weighted by Crippen LogP contribution is 2.42. The van der Waals surface area contributed by atoms with E-state index in [9.17, 15) is 12.8 Å². The lowest BCUT2D eigenvalue weighted by Gasteiger charge is -2.16. The maximum atomic E-state index is 13.1. The first kappa shape index (κ1) is 16.5. The molecule has 4 rings (SSSR count). The maximum Gasteiger partial charge on any atom is 0.206 e. The molecule has 0 spiro atoms. The van der Waals surface area contributed by atoms with Crippen LogP contribution in [0.1, 0.15) is 24.3 Å². The van der Waals surface area contributed by atoms with E-state index in [4.69, 9.17) is 0 Å². The lowest BCUT2D eigenvalue weighted by Crippen LogP contribution is -2.22. The van der Waals surface area contributed by atoms with Crippen molar-refractivity contribution >= 4 is 15.5 Å². The molecule has 2 heterocycles. The standard InChI is InChI=1S/C19H21FN2O2S/c1-22-10-8-16-17-12-15(6-7-18(17)21-19(16)9-11-22)25(23,24)14-4-2-13(20)3-5-14/h2-7,12,16,19,21H,8-11H2,1H3/t16-,19?/m1/s1. The van der Waals surface area contributed by atoms with Crippen LogP contribution in [0.5, 0.6) is 0 Å². The Kier molecular flexibility index (Phi) is 4.04. The second-order valence-corrected chi connectivity index (χ2v) is 8.89. The number of anilines is 1. The summed E-state index contributed by atoms with van der Waals surface area (Å²) in [7, 11) is -1.52. The number of nitrogens with one attached hydrogen (secondary N) is 1. The first-order valence-electron chi connectivity index (χ1n) is 8.55. The molecular weight excluding hydrogens is 339 g/mol. The Balaban J connectivity index is 1.71. The summed E-state index contributed by atoms with van der Waals surface area (Å²) in [5.74, 6) is -0.106. The van der Waals surface area contributed by atoms with Crippen molar-refractivity contribution in [3.63, 3.8) is 0 Å². The van der Waals surface area contributed by atoms with E-state index in [-0.39, 0.29) is 9.79 Å². The highest BCUT2D eigenvalue weighted by molar-refractivity contribution is 7.91. The van der Waals surface area contributed by atoms with Crippen molar-refractivity contribution in [3.05, 3.63) is 53.8 Å². The molecule has 0 radical (unpaired) electrons. The highest BCUT2D eigenvalue weighted by Gasteiger charge is 2.34. The number of hydrogen-bond acceptors (Lipinski definition) is 4. The molecule has 2 aliphatic heterocycles. The van der Waals surface area contributed by atoms with Crippen LogP contribution in [0.3, 0.4) is 0 Å². The van der Waals surface area contributed by atoms with Gasteiger partial charge in [0.1, 0.15) is 5.82 Å². The molecule has 0 amide bonds. The van der Waals surface area contributed by atoms with Gasteiger partial charge in [-0.25, -0.2) is 12.8 Å². The van der Waals surface area contributed by atoms with Gasteiger partial charge in [0, 0.05) is 17.6 Å². The molecule has 1 N–H and O–H groups in total. The summed E-state index contributed by atoms with van der Waals surface area (Å²) >= 11 is 0. The van der Waals surface area contributed by atoms with Crippen LogP contribution in [-0.2, 0) is 9.84 Å². The summed E-state index contributed by atoms with van der Waals surface area (Å²) in [4.78, 5) is 2.72. The van der Waals surface area contributed by atoms with Crippen molar-refractivity contribution in [3.8, 4) is 0 Å². The van der Waals surface area contributed by atoms with Crippen molar-refractivity contribution in [1.82, 2.24) is 4.90 Å². The van der Waals surface area contributed by atoms with E-state index in [2.05, 4.69) is 17.3 Å². The molecule has 2 aromatic carbocycles. The molecular formula is C19H21FN2O2S. The van der Waals surface area contributed by atoms with Crippen LogP contribution >= 0.6 is 0 Å². The summed E-state index contributed by atoms with van der Waals surface area (Å²) in [6.45, 7) is 2.06. The van der Waals surface area contributed by atoms with E-state index >= 15 is 0 Å². The predicted molar refractivity (Wildman–Crippen MR) is 95.2 cm³/mol. The lowest BCUT2D eigenvalue weighted by atomic mass is 9.91. The van der Waals surface area contributed by atoms with Crippen LogP contribution < -0.4 is 5.32 Å². The van der Waals surface area contributed by atoms with Gasteiger partial charge in [-0.15, -0.1) is 0 Å². The minimum atomic E-state index is -3.64. The van der Waals surface area contributed by atoms with Crippen molar-refractivity contribution in [2.45, 2.75) is 34.6 Å². The summed E-state index contributed by atoms with van der Waals surface area (Å²) < 4.78 is 38.9. The summed E-state index contributed by atoms with van der Waals surface area (Å²) in [6, 6.07) is 10.7. The predicted octanol–water partition coefficient (Wildman–Crippen LogP) is 3.26. The van der Waals surface area contributed by atoms with Gasteiger partial charge in [0.15, 0.2) is 0 Å². The van der Waals surface area contributed by atoms with Gasteiger partial charge in [0.05, 0.1) is 9.79 Å². The normalized spacial score (nSPS) is 23.4. The quantitative estimate of drug-likeness (QED) is 0.835. The first-order valence-corrected chi connectivity index (χ1v) is 10.0. The van der Waals surface area contributed by atoms with Gasteiger partial charge >= 0.3 is 0 Å². The van der Waals surface area contributed by atoms with Crippen LogP contribution in [0, 0.1) is 5.82 Å². The Hall–Kier alpha value is -1.92. The number of benzene rings is 2. The fourth-order valence-electron chi connectivity index (χ4n) is 3.87. The molecule has 1 unspecified atom stereocenters. The number of likely N-dealkylation sites (tertiary alicyclic amines) is 1. The average Bonchev–Trinajstić information content (AvgIpc) is 2.84. The van der Waals surface area contributed by atoms with Gasteiger partial charge in [-0.1, -0.05) is 0 Å². The molecule has 25 heavy (non-hydrogen) atoms. The van der Waals surface area contributed by atoms with E-state index in [0.717, 1.165) is 37.2 Å². The maximum absolute atomic E-state index is 13.1. The van der Waals surface area contributed by atoms with Gasteiger partial charge in [0.2, 0.25) is 9.84 Å². The first-order chi connectivity index (χ1) is 11.9. The molecule has 2 aliphatic rings. The Morgan fingerprint density at radius 2 is 1.72 bits per heavy atom. The number of halogens is 1. The second kappa shape index (κ2) is 6.11. The topological polar surface area (TPSA) is 49.4 Å². The zero-order chi connectivity index (χ0) is 17.6. The van der Waals surface area contributed by atoms with E-state index in [0.29, 0.717) is 12.0 Å². The number of fused-ring (bicyclic) bond motifs is 3. The zero-order valence-corrected chi connectivity index (χ0v) is 14.9. The van der Waals surface area contributed by atoms with Crippen molar-refractivity contribution in [2.24, 2.45) is 0 Å². The van der Waals surface area contributed by atoms with Gasteiger partial charge in [-0.2, -0.15) is 0 Å². The number of nitrogens with zero attached hydrogens (tertiary/aromatic N) is 1. The lowest BCUT2D eigenvalue weighted by molar-refractivity contribution is 0.346. The largest absolute Gasteiger partial charge is 0.381 e. The Labute approximate surface area is 147 Å². The van der Waals surface area contributed by atoms with Crippen LogP contribution in [0.2, 0.25) is 0 Å². The fraction of sp³-hybridized carbons (Fsp3) is 0.368. The average molecular weight is 360 g/mol. The number of sulfone groups is 1. The summed E-state index contributed by atoms with van der Waals surface area (Å²) in [5, 5.41) is 3.55. The molecule has 0 aliphatic carbocycles. The highest BCUT2D eigenvalue weighted by atomic mass is 32.2. The molecule has 0 saturated carbocycles. The SMILES string of the molecule is CN1CCC2Nc3ccc(S(=O)(=O)c4ccc(F)cc4)cc3[C@H]2CC1. The Morgan fingerprint density at radius 3 is 2.48 bits per heavy atom. The third-order valence-corrected chi connectivity index (χ3v) is 7.09. The van der Waals surface area contributed by atoms with Gasteiger partial charge < -0.3 is 10.2 Å². The third-order valence-electron chi connectivity index (χ3n) is 5.33. The van der Waals surface area contributed by atoms with E-state index in [1.807, 2.05) is 6.07 Å².